The van der Waals surface area contributed by atoms with Crippen molar-refractivity contribution < 1.29 is 8.42 Å². The highest BCUT2D eigenvalue weighted by Gasteiger charge is 2.30. The van der Waals surface area contributed by atoms with Crippen LogP contribution in [0.15, 0.2) is 47.6 Å². The number of hydrogen-bond donors (Lipinski definition) is 1. The van der Waals surface area contributed by atoms with E-state index in [1.54, 1.807) is 18.2 Å². The van der Waals surface area contributed by atoms with E-state index in [4.69, 9.17) is 5.73 Å². The molecule has 8 nitrogen and oxygen atoms in total. The van der Waals surface area contributed by atoms with Gasteiger partial charge in [0, 0.05) is 26.2 Å². The minimum absolute atomic E-state index is 0.0201. The average Bonchev–Trinajstić information content (AvgIpc) is 2.72. The van der Waals surface area contributed by atoms with E-state index in [2.05, 4.69) is 40.6 Å². The molecular weight excluding hydrogens is 400 g/mol. The number of sulfonamides is 1. The predicted molar refractivity (Wildman–Crippen MR) is 118 cm³/mol. The van der Waals surface area contributed by atoms with E-state index in [0.29, 0.717) is 42.5 Å². The number of pyridine rings is 1. The van der Waals surface area contributed by atoms with E-state index in [1.807, 2.05) is 18.2 Å². The van der Waals surface area contributed by atoms with Gasteiger partial charge in [0.2, 0.25) is 10.0 Å². The van der Waals surface area contributed by atoms with Crippen molar-refractivity contribution in [2.75, 3.05) is 36.8 Å². The Labute approximate surface area is 176 Å². The molecule has 3 aromatic rings. The molecule has 0 radical (unpaired) electrons. The standard InChI is InChI=1S/C21H26N6O2S/c1-21(2,3)15-4-6-16(7-5-15)30(28,29)27-12-10-26(11-13-27)20-17-8-9-18(22)25-19(17)23-14-24-20/h4-9,14H,10-13H2,1-3H3,(H2,22,23,24,25). The Kier molecular flexibility index (Phi) is 5.11. The van der Waals surface area contributed by atoms with Crippen LogP contribution in [0.1, 0.15) is 26.3 Å². The first-order valence-corrected chi connectivity index (χ1v) is 11.3. The highest BCUT2D eigenvalue weighted by Crippen LogP contribution is 2.27. The topological polar surface area (TPSA) is 105 Å². The lowest BCUT2D eigenvalue weighted by Crippen LogP contribution is -2.49. The number of nitrogen functional groups attached to an aromatic ring is 1. The number of anilines is 2. The summed E-state index contributed by atoms with van der Waals surface area (Å²) in [4.78, 5) is 15.2. The highest BCUT2D eigenvalue weighted by atomic mass is 32.2. The highest BCUT2D eigenvalue weighted by molar-refractivity contribution is 7.89. The number of rotatable bonds is 3. The molecule has 4 rings (SSSR count). The lowest BCUT2D eigenvalue weighted by molar-refractivity contribution is 0.384. The van der Waals surface area contributed by atoms with Gasteiger partial charge in [-0.25, -0.2) is 23.4 Å². The number of fused-ring (bicyclic) bond motifs is 1. The molecule has 158 valence electrons. The molecule has 0 bridgehead atoms. The van der Waals surface area contributed by atoms with Crippen molar-refractivity contribution in [2.24, 2.45) is 0 Å². The van der Waals surface area contributed by atoms with Crippen molar-refractivity contribution in [3.8, 4) is 0 Å². The van der Waals surface area contributed by atoms with E-state index in [-0.39, 0.29) is 5.41 Å². The number of nitrogens with zero attached hydrogens (tertiary/aromatic N) is 5. The van der Waals surface area contributed by atoms with Crippen molar-refractivity contribution in [1.82, 2.24) is 19.3 Å². The summed E-state index contributed by atoms with van der Waals surface area (Å²) in [5, 5.41) is 0.806. The molecule has 0 aliphatic carbocycles. The third kappa shape index (κ3) is 3.82. The van der Waals surface area contributed by atoms with Gasteiger partial charge in [-0.1, -0.05) is 32.9 Å². The van der Waals surface area contributed by atoms with Gasteiger partial charge in [0.25, 0.3) is 0 Å². The SMILES string of the molecule is CC(C)(C)c1ccc(S(=O)(=O)N2CCN(c3ncnc4nc(N)ccc34)CC2)cc1. The van der Waals surface area contributed by atoms with Gasteiger partial charge in [-0.3, -0.25) is 0 Å². The Bertz CT molecular complexity index is 1160. The first kappa shape index (κ1) is 20.5. The Morgan fingerprint density at radius 3 is 2.23 bits per heavy atom. The van der Waals surface area contributed by atoms with Crippen LogP contribution in [0.3, 0.4) is 0 Å². The number of piperazine rings is 1. The van der Waals surface area contributed by atoms with Crippen LogP contribution in [0.25, 0.3) is 11.0 Å². The second-order valence-corrected chi connectivity index (χ2v) is 10.4. The second-order valence-electron chi connectivity index (χ2n) is 8.47. The minimum Gasteiger partial charge on any atom is -0.384 e. The molecule has 2 aromatic heterocycles. The molecule has 0 unspecified atom stereocenters. The Balaban J connectivity index is 1.52. The van der Waals surface area contributed by atoms with Crippen molar-refractivity contribution in [3.05, 3.63) is 48.3 Å². The quantitative estimate of drug-likeness (QED) is 0.685. The van der Waals surface area contributed by atoms with E-state index < -0.39 is 10.0 Å². The van der Waals surface area contributed by atoms with Gasteiger partial charge in [0.1, 0.15) is 18.0 Å². The molecule has 0 saturated carbocycles. The number of aromatic nitrogens is 3. The van der Waals surface area contributed by atoms with Crippen LogP contribution in [-0.2, 0) is 15.4 Å². The van der Waals surface area contributed by atoms with Crippen LogP contribution >= 0.6 is 0 Å². The first-order chi connectivity index (χ1) is 14.2. The van der Waals surface area contributed by atoms with E-state index in [0.717, 1.165) is 16.8 Å². The summed E-state index contributed by atoms with van der Waals surface area (Å²) >= 11 is 0. The smallest absolute Gasteiger partial charge is 0.243 e. The summed E-state index contributed by atoms with van der Waals surface area (Å²) in [7, 11) is -3.53. The van der Waals surface area contributed by atoms with Crippen LogP contribution in [0, 0.1) is 0 Å². The third-order valence-corrected chi connectivity index (χ3v) is 7.31. The van der Waals surface area contributed by atoms with Crippen LogP contribution in [0.4, 0.5) is 11.6 Å². The van der Waals surface area contributed by atoms with Gasteiger partial charge in [0.15, 0.2) is 5.65 Å². The number of benzene rings is 1. The zero-order valence-electron chi connectivity index (χ0n) is 17.4. The monoisotopic (exact) mass is 426 g/mol. The maximum Gasteiger partial charge on any atom is 0.243 e. The summed E-state index contributed by atoms with van der Waals surface area (Å²) in [6, 6.07) is 10.8. The lowest BCUT2D eigenvalue weighted by Gasteiger charge is -2.35. The summed E-state index contributed by atoms with van der Waals surface area (Å²) < 4.78 is 27.7. The number of nitrogens with two attached hydrogens (primary N) is 1. The molecule has 9 heteroatoms. The van der Waals surface area contributed by atoms with Crippen molar-refractivity contribution in [2.45, 2.75) is 31.1 Å². The zero-order valence-corrected chi connectivity index (χ0v) is 18.2. The van der Waals surface area contributed by atoms with Gasteiger partial charge in [0.05, 0.1) is 10.3 Å². The fourth-order valence-electron chi connectivity index (χ4n) is 3.61. The molecule has 1 saturated heterocycles. The summed E-state index contributed by atoms with van der Waals surface area (Å²) in [6.07, 6.45) is 1.46. The third-order valence-electron chi connectivity index (χ3n) is 5.39. The largest absolute Gasteiger partial charge is 0.384 e. The first-order valence-electron chi connectivity index (χ1n) is 9.89. The molecule has 1 fully saturated rings. The van der Waals surface area contributed by atoms with E-state index in [1.165, 1.54) is 10.6 Å². The Morgan fingerprint density at radius 1 is 0.933 bits per heavy atom. The van der Waals surface area contributed by atoms with Gasteiger partial charge in [-0.2, -0.15) is 4.31 Å². The predicted octanol–water partition coefficient (Wildman–Crippen LogP) is 2.42. The maximum absolute atomic E-state index is 13.1. The Morgan fingerprint density at radius 2 is 1.60 bits per heavy atom. The van der Waals surface area contributed by atoms with Gasteiger partial charge in [-0.15, -0.1) is 0 Å². The minimum atomic E-state index is -3.53. The lowest BCUT2D eigenvalue weighted by atomic mass is 9.87. The molecule has 0 spiro atoms. The van der Waals surface area contributed by atoms with Gasteiger partial charge < -0.3 is 10.6 Å². The van der Waals surface area contributed by atoms with Crippen LogP contribution in [-0.4, -0.2) is 53.9 Å². The second kappa shape index (κ2) is 7.48. The van der Waals surface area contributed by atoms with Crippen molar-refractivity contribution in [3.63, 3.8) is 0 Å². The molecule has 1 aliphatic rings. The molecule has 3 heterocycles. The van der Waals surface area contributed by atoms with E-state index >= 15 is 0 Å². The van der Waals surface area contributed by atoms with Crippen LogP contribution < -0.4 is 10.6 Å². The molecule has 1 aromatic carbocycles. The van der Waals surface area contributed by atoms with Gasteiger partial charge in [-0.05, 0) is 35.2 Å². The van der Waals surface area contributed by atoms with Crippen molar-refractivity contribution >= 4 is 32.7 Å². The van der Waals surface area contributed by atoms with Crippen LogP contribution in [0.5, 0.6) is 0 Å². The fraction of sp³-hybridized carbons (Fsp3) is 0.381. The normalized spacial score (nSPS) is 16.2. The summed E-state index contributed by atoms with van der Waals surface area (Å²) in [6.45, 7) is 8.17. The maximum atomic E-state index is 13.1. The molecule has 30 heavy (non-hydrogen) atoms. The fourth-order valence-corrected chi connectivity index (χ4v) is 5.03. The zero-order chi connectivity index (χ0) is 21.5. The molecule has 0 atom stereocenters. The molecular formula is C21H26N6O2S. The number of hydrogen-bond acceptors (Lipinski definition) is 7. The van der Waals surface area contributed by atoms with Crippen LogP contribution in [0.2, 0.25) is 0 Å². The Hall–Kier alpha value is -2.78. The molecule has 1 aliphatic heterocycles. The summed E-state index contributed by atoms with van der Waals surface area (Å²) in [5.74, 6) is 1.15. The molecule has 0 amide bonds. The summed E-state index contributed by atoms with van der Waals surface area (Å²) in [5.41, 5.74) is 7.37. The molecule has 2 N–H and O–H groups in total. The van der Waals surface area contributed by atoms with Gasteiger partial charge >= 0.3 is 0 Å². The van der Waals surface area contributed by atoms with Crippen molar-refractivity contribution in [1.29, 1.82) is 0 Å². The average molecular weight is 427 g/mol. The van der Waals surface area contributed by atoms with E-state index in [9.17, 15) is 8.42 Å².